The number of likely N-dealkylation sites (N-methyl/N-ethyl adjacent to an activating group) is 1. The topological polar surface area (TPSA) is 114 Å². The number of nitrogens with zero attached hydrogens (tertiary/aromatic N) is 1. The lowest BCUT2D eigenvalue weighted by molar-refractivity contribution is -0.130. The second-order valence-corrected chi connectivity index (χ2v) is 14.2. The minimum absolute atomic E-state index is 0.0529. The van der Waals surface area contributed by atoms with Crippen LogP contribution in [0.25, 0.3) is 0 Å². The van der Waals surface area contributed by atoms with Gasteiger partial charge in [-0.15, -0.1) is 0 Å². The molecule has 240 valence electrons. The summed E-state index contributed by atoms with van der Waals surface area (Å²) in [7, 11) is -1.36. The zero-order valence-electron chi connectivity index (χ0n) is 25.9. The van der Waals surface area contributed by atoms with E-state index in [0.29, 0.717) is 30.5 Å². The molecular formula is C33H46ClN3O6Si. The van der Waals surface area contributed by atoms with Crippen LogP contribution in [-0.4, -0.2) is 64.1 Å². The molecule has 2 aromatic carbocycles. The molecule has 1 aliphatic carbocycles. The van der Waals surface area contributed by atoms with E-state index in [2.05, 4.69) is 10.3 Å². The summed E-state index contributed by atoms with van der Waals surface area (Å²) in [5.74, 6) is -0.518. The number of methoxy groups -OCH3 is 1. The molecule has 0 aromatic heterocycles. The fraction of sp³-hybridized carbons (Fsp3) is 0.515. The van der Waals surface area contributed by atoms with Gasteiger partial charge in [-0.25, -0.2) is 4.79 Å². The Morgan fingerprint density at radius 3 is 2.43 bits per heavy atom. The van der Waals surface area contributed by atoms with Crippen molar-refractivity contribution in [3.8, 4) is 0 Å². The van der Waals surface area contributed by atoms with Gasteiger partial charge < -0.3 is 24.7 Å². The summed E-state index contributed by atoms with van der Waals surface area (Å²) in [6.07, 6.45) is 6.35. The van der Waals surface area contributed by atoms with E-state index in [1.54, 1.807) is 23.1 Å². The van der Waals surface area contributed by atoms with Crippen LogP contribution >= 0.6 is 11.6 Å². The Morgan fingerprint density at radius 1 is 1.02 bits per heavy atom. The van der Waals surface area contributed by atoms with Gasteiger partial charge in [0.1, 0.15) is 6.61 Å². The van der Waals surface area contributed by atoms with Gasteiger partial charge in [-0.05, 0) is 55.0 Å². The normalized spacial score (nSPS) is 14.6. The van der Waals surface area contributed by atoms with Crippen molar-refractivity contribution >= 4 is 44.1 Å². The lowest BCUT2D eigenvalue weighted by atomic mass is 9.82. The maximum Gasteiger partial charge on any atom is 0.407 e. The lowest BCUT2D eigenvalue weighted by Crippen LogP contribution is -2.50. The molecular weight excluding hydrogens is 598 g/mol. The molecule has 1 saturated carbocycles. The number of benzene rings is 2. The molecule has 0 bridgehead atoms. The Morgan fingerprint density at radius 2 is 1.75 bits per heavy atom. The molecule has 2 atom stereocenters. The molecule has 3 amide bonds. The Kier molecular flexibility index (Phi) is 15.2. The third-order valence-electron chi connectivity index (χ3n) is 8.16. The molecule has 0 saturated heterocycles. The molecule has 44 heavy (non-hydrogen) atoms. The van der Waals surface area contributed by atoms with Gasteiger partial charge in [-0.1, -0.05) is 86.2 Å². The summed E-state index contributed by atoms with van der Waals surface area (Å²) in [4.78, 5) is 56.6. The number of carbonyl (C=O) groups is 4. The zero-order chi connectivity index (χ0) is 31.7. The van der Waals surface area contributed by atoms with Gasteiger partial charge in [0.25, 0.3) is 14.6 Å². The van der Waals surface area contributed by atoms with E-state index in [-0.39, 0.29) is 37.4 Å². The first-order valence-corrected chi connectivity index (χ1v) is 18.0. The highest BCUT2D eigenvalue weighted by atomic mass is 35.5. The quantitative estimate of drug-likeness (QED) is 0.223. The van der Waals surface area contributed by atoms with E-state index in [9.17, 15) is 19.2 Å². The van der Waals surface area contributed by atoms with E-state index < -0.39 is 26.6 Å². The van der Waals surface area contributed by atoms with Crippen LogP contribution in [0.15, 0.2) is 54.6 Å². The van der Waals surface area contributed by atoms with Crippen LogP contribution in [0.3, 0.4) is 0 Å². The first kappa shape index (κ1) is 35.1. The highest BCUT2D eigenvalue weighted by molar-refractivity contribution is 6.88. The molecule has 2 aromatic rings. The number of amides is 3. The molecule has 9 nitrogen and oxygen atoms in total. The number of hydrogen-bond acceptors (Lipinski definition) is 6. The SMILES string of the molecule is CCN(CCc1ccccc1)C(=O)CC[Si@H](NC(=O)[C@@H](CNC(=O)OCc1cccc(Cl)c1)CC1CCCCC1)C(=O)OC. The Hall–Kier alpha value is -3.37. The lowest BCUT2D eigenvalue weighted by Gasteiger charge is -2.27. The molecule has 3 rings (SSSR count). The predicted molar refractivity (Wildman–Crippen MR) is 174 cm³/mol. The van der Waals surface area contributed by atoms with E-state index in [0.717, 1.165) is 43.2 Å². The second-order valence-electron chi connectivity index (χ2n) is 11.4. The minimum atomic E-state index is -2.66. The van der Waals surface area contributed by atoms with Gasteiger partial charge in [-0.3, -0.25) is 14.4 Å². The van der Waals surface area contributed by atoms with Crippen molar-refractivity contribution in [2.75, 3.05) is 26.7 Å². The van der Waals surface area contributed by atoms with Crippen LogP contribution in [0.1, 0.15) is 63.0 Å². The monoisotopic (exact) mass is 643 g/mol. The van der Waals surface area contributed by atoms with Crippen LogP contribution in [0, 0.1) is 11.8 Å². The van der Waals surface area contributed by atoms with Crippen LogP contribution < -0.4 is 10.3 Å². The van der Waals surface area contributed by atoms with E-state index in [4.69, 9.17) is 21.1 Å². The Labute approximate surface area is 267 Å². The molecule has 0 unspecified atom stereocenters. The number of carbonyl (C=O) groups excluding carboxylic acids is 4. The maximum atomic E-state index is 13.6. The molecule has 0 aliphatic heterocycles. The molecule has 2 N–H and O–H groups in total. The third-order valence-corrected chi connectivity index (χ3v) is 10.7. The van der Waals surface area contributed by atoms with Gasteiger partial charge >= 0.3 is 6.09 Å². The van der Waals surface area contributed by atoms with Gasteiger partial charge in [0.15, 0.2) is 0 Å². The van der Waals surface area contributed by atoms with Crippen LogP contribution in [-0.2, 0) is 32.1 Å². The van der Waals surface area contributed by atoms with Crippen molar-refractivity contribution < 1.29 is 28.7 Å². The molecule has 0 spiro atoms. The predicted octanol–water partition coefficient (Wildman–Crippen LogP) is 5.82. The average Bonchev–Trinajstić information content (AvgIpc) is 3.04. The fourth-order valence-electron chi connectivity index (χ4n) is 5.62. The maximum absolute atomic E-state index is 13.6. The number of halogens is 1. The van der Waals surface area contributed by atoms with Gasteiger partial charge in [0, 0.05) is 31.1 Å². The van der Waals surface area contributed by atoms with E-state index in [1.807, 2.05) is 43.3 Å². The van der Waals surface area contributed by atoms with Crippen LogP contribution in [0.4, 0.5) is 9.59 Å². The smallest absolute Gasteiger partial charge is 0.407 e. The van der Waals surface area contributed by atoms with E-state index in [1.165, 1.54) is 13.5 Å². The second kappa shape index (κ2) is 19.1. The Balaban J connectivity index is 1.58. The van der Waals surface area contributed by atoms with Crippen molar-refractivity contribution in [2.45, 2.75) is 70.9 Å². The largest absolute Gasteiger partial charge is 0.472 e. The highest BCUT2D eigenvalue weighted by Crippen LogP contribution is 2.29. The number of nitrogens with one attached hydrogen (secondary N) is 2. The standard InChI is InChI=1S/C33H46ClN3O6Si/c1-3-37(19-17-25-11-6-4-7-12-25)30(38)18-20-44(33(41)42-2)36-31(39)28(21-26-13-8-5-9-14-26)23-35-32(40)43-24-27-15-10-16-29(34)22-27/h4,6-7,10-12,15-16,22,26,28,44H,3,5,8-9,13-14,17-21,23-24H2,1-2H3,(H,35,40)(H,36,39)/t28-,44+/m1/s1. The fourth-order valence-corrected chi connectivity index (χ4v) is 7.73. The summed E-state index contributed by atoms with van der Waals surface area (Å²) < 4.78 is 10.4. The number of ether oxygens (including phenoxy) is 2. The summed E-state index contributed by atoms with van der Waals surface area (Å²) >= 11 is 6.01. The summed E-state index contributed by atoms with van der Waals surface area (Å²) in [5, 5.41) is 3.29. The zero-order valence-corrected chi connectivity index (χ0v) is 27.8. The van der Waals surface area contributed by atoms with Gasteiger partial charge in [0.2, 0.25) is 11.8 Å². The molecule has 1 aliphatic rings. The van der Waals surface area contributed by atoms with Crippen molar-refractivity contribution in [1.82, 2.24) is 15.2 Å². The minimum Gasteiger partial charge on any atom is -0.472 e. The molecule has 11 heteroatoms. The van der Waals surface area contributed by atoms with Gasteiger partial charge in [0.05, 0.1) is 13.0 Å². The molecule has 0 radical (unpaired) electrons. The summed E-state index contributed by atoms with van der Waals surface area (Å²) in [6.45, 7) is 3.21. The first-order valence-electron chi connectivity index (χ1n) is 15.6. The van der Waals surface area contributed by atoms with E-state index >= 15 is 0 Å². The highest BCUT2D eigenvalue weighted by Gasteiger charge is 2.31. The number of alkyl carbamates (subject to hydrolysis) is 1. The Bertz CT molecular complexity index is 1210. The average molecular weight is 644 g/mol. The number of rotatable bonds is 16. The van der Waals surface area contributed by atoms with Crippen LogP contribution in [0.5, 0.6) is 0 Å². The molecule has 0 heterocycles. The van der Waals surface area contributed by atoms with Crippen molar-refractivity contribution in [3.05, 3.63) is 70.7 Å². The summed E-state index contributed by atoms with van der Waals surface area (Å²) in [6, 6.07) is 17.3. The van der Waals surface area contributed by atoms with Crippen LogP contribution in [0.2, 0.25) is 11.1 Å². The first-order chi connectivity index (χ1) is 21.3. The number of hydrogen-bond donors (Lipinski definition) is 2. The van der Waals surface area contributed by atoms with Crippen molar-refractivity contribution in [2.24, 2.45) is 11.8 Å². The van der Waals surface area contributed by atoms with Crippen molar-refractivity contribution in [3.63, 3.8) is 0 Å². The molecule has 1 fully saturated rings. The third kappa shape index (κ3) is 12.3. The summed E-state index contributed by atoms with van der Waals surface area (Å²) in [5.41, 5.74) is 1.44. The van der Waals surface area contributed by atoms with Gasteiger partial charge in [-0.2, -0.15) is 0 Å². The van der Waals surface area contributed by atoms with Crippen molar-refractivity contribution in [1.29, 1.82) is 0 Å².